The number of benzene rings is 1. The Morgan fingerprint density at radius 2 is 1.80 bits per heavy atom. The molecule has 0 saturated carbocycles. The molecule has 1 aliphatic heterocycles. The van der Waals surface area contributed by atoms with Gasteiger partial charge in [-0.1, -0.05) is 30.3 Å². The summed E-state index contributed by atoms with van der Waals surface area (Å²) in [5.41, 5.74) is 1.29. The molecule has 2 rings (SSSR count). The number of carbonyl (C=O) groups excluding carboxylic acids is 4. The second kappa shape index (κ2) is 14.0. The van der Waals surface area contributed by atoms with Gasteiger partial charge in [-0.15, -0.1) is 0 Å². The van der Waals surface area contributed by atoms with Gasteiger partial charge in [-0.3, -0.25) is 0 Å². The van der Waals surface area contributed by atoms with Gasteiger partial charge in [0.2, 0.25) is 0 Å². The molecule has 0 aliphatic carbocycles. The molecule has 35 heavy (non-hydrogen) atoms. The summed E-state index contributed by atoms with van der Waals surface area (Å²) in [6.45, 7) is 3.22. The summed E-state index contributed by atoms with van der Waals surface area (Å²) in [6, 6.07) is 8.08. The second-order valence-electron chi connectivity index (χ2n) is 8.44. The molecular formula is C24H30N2O8Pb. The van der Waals surface area contributed by atoms with Gasteiger partial charge in [0.05, 0.1) is 0 Å². The van der Waals surface area contributed by atoms with Gasteiger partial charge in [0, 0.05) is 0 Å². The van der Waals surface area contributed by atoms with Crippen molar-refractivity contribution in [1.82, 2.24) is 10.6 Å². The standard InChI is InChI=1S/C24H29N2O8.Pb.H/c1-14(2)22(26-24(32)34-12-16-7-5-4-6-8-16)18(27)9-17(10-21(29)30)19(28)13-33-20-11-25-23(31)15(20)3;;/h4-8,14,17,22H,3,9-13H2,1-2H3,(H,25,31)(H,26,32)(H,29,30);;/t17-,22-;;/m0../s1. The van der Waals surface area contributed by atoms with Gasteiger partial charge in [0.1, 0.15) is 6.61 Å². The van der Waals surface area contributed by atoms with Gasteiger partial charge in [-0.2, -0.15) is 0 Å². The van der Waals surface area contributed by atoms with E-state index in [1.165, 1.54) is 0 Å². The zero-order valence-electron chi connectivity index (χ0n) is 19.7. The molecule has 0 fully saturated rings. The molecule has 1 heterocycles. The van der Waals surface area contributed by atoms with E-state index in [2.05, 4.69) is 10.6 Å². The van der Waals surface area contributed by atoms with Crippen LogP contribution in [0.1, 0.15) is 32.3 Å². The molecule has 2 atom stereocenters. The van der Waals surface area contributed by atoms with Crippen LogP contribution >= 0.6 is 0 Å². The number of carboxylic acid groups (broad SMARTS) is 1. The summed E-state index contributed by atoms with van der Waals surface area (Å²) in [4.78, 5) is 61.1. The van der Waals surface area contributed by atoms with Crippen LogP contribution in [0.4, 0.5) is 4.79 Å². The minimum absolute atomic E-state index is 0.0269. The minimum atomic E-state index is -1.23. The van der Waals surface area contributed by atoms with E-state index in [4.69, 9.17) is 9.47 Å². The third-order valence-corrected chi connectivity index (χ3v) is 7.02. The predicted octanol–water partition coefficient (Wildman–Crippen LogP) is 1.28. The molecule has 0 aromatic heterocycles. The van der Waals surface area contributed by atoms with Gasteiger partial charge >= 0.3 is 168 Å². The molecule has 0 unspecified atom stereocenters. The third-order valence-electron chi connectivity index (χ3n) is 5.44. The Kier molecular flexibility index (Phi) is 11.3. The molecule has 188 valence electrons. The van der Waals surface area contributed by atoms with E-state index < -0.39 is 48.6 Å². The summed E-state index contributed by atoms with van der Waals surface area (Å²) >= 11 is 0.533. The van der Waals surface area contributed by atoms with E-state index in [-0.39, 0.29) is 31.4 Å². The number of nitrogens with one attached hydrogen (secondary N) is 2. The van der Waals surface area contributed by atoms with Crippen LogP contribution in [-0.4, -0.2) is 79.6 Å². The summed E-state index contributed by atoms with van der Waals surface area (Å²) in [5.74, 6) is -3.56. The fourth-order valence-electron chi connectivity index (χ4n) is 3.51. The number of Topliss-reactive ketones (excluding diaryl/α,β-unsaturated/α-hetero) is 2. The maximum absolute atomic E-state index is 13.0. The van der Waals surface area contributed by atoms with Crippen molar-refractivity contribution in [2.75, 3.05) is 13.2 Å². The topological polar surface area (TPSA) is 148 Å². The Bertz CT molecular complexity index is 977. The van der Waals surface area contributed by atoms with Crippen molar-refractivity contribution in [3.8, 4) is 0 Å². The zero-order chi connectivity index (χ0) is 26.0. The Labute approximate surface area is 219 Å². The van der Waals surface area contributed by atoms with E-state index in [1.807, 2.05) is 18.2 Å². The monoisotopic (exact) mass is 682 g/mol. The van der Waals surface area contributed by atoms with Crippen molar-refractivity contribution in [2.24, 2.45) is 11.8 Å². The third kappa shape index (κ3) is 9.07. The number of amides is 2. The van der Waals surface area contributed by atoms with E-state index in [9.17, 15) is 29.1 Å². The van der Waals surface area contributed by atoms with Gasteiger partial charge in [-0.05, 0) is 5.56 Å². The number of rotatable bonds is 14. The number of hydrogen-bond acceptors (Lipinski definition) is 7. The molecule has 1 aromatic carbocycles. The van der Waals surface area contributed by atoms with Crippen LogP contribution < -0.4 is 10.6 Å². The molecule has 11 heteroatoms. The summed E-state index contributed by atoms with van der Waals surface area (Å²) < 4.78 is 11.3. The number of ether oxygens (including phenoxy) is 2. The summed E-state index contributed by atoms with van der Waals surface area (Å²) in [6.07, 6.45) is -1.71. The van der Waals surface area contributed by atoms with Crippen molar-refractivity contribution in [2.45, 2.75) is 43.3 Å². The van der Waals surface area contributed by atoms with Crippen LogP contribution in [0.15, 0.2) is 41.7 Å². The maximum atomic E-state index is 13.0. The molecule has 10 nitrogen and oxygen atoms in total. The van der Waals surface area contributed by atoms with Crippen molar-refractivity contribution in [1.29, 1.82) is 0 Å². The SMILES string of the molecule is CC(C)[C@H](NC(=O)OCc1ccccc1)C(=O)C[C@@H](CC(=O)O)C(=O)COC1=C([CH2][PbH])C(=O)NC1. The van der Waals surface area contributed by atoms with Crippen LogP contribution in [0.2, 0.25) is 3.98 Å². The first-order valence-corrected chi connectivity index (χ1v) is 14.4. The number of carboxylic acids is 1. The van der Waals surface area contributed by atoms with E-state index >= 15 is 0 Å². The van der Waals surface area contributed by atoms with Gasteiger partial charge in [0.25, 0.3) is 0 Å². The quantitative estimate of drug-likeness (QED) is 0.249. The van der Waals surface area contributed by atoms with E-state index in [0.29, 0.717) is 41.1 Å². The zero-order valence-corrected chi connectivity index (χ0v) is 24.2. The van der Waals surface area contributed by atoms with Gasteiger partial charge in [0.15, 0.2) is 0 Å². The molecule has 1 aliphatic rings. The Morgan fingerprint density at radius 1 is 1.11 bits per heavy atom. The van der Waals surface area contributed by atoms with Gasteiger partial charge in [-0.25, -0.2) is 4.79 Å². The molecule has 0 bridgehead atoms. The molecule has 3 N–H and O–H groups in total. The second-order valence-corrected chi connectivity index (χ2v) is 10.0. The van der Waals surface area contributed by atoms with Crippen molar-refractivity contribution in [3.63, 3.8) is 0 Å². The van der Waals surface area contributed by atoms with Crippen LogP contribution in [0.25, 0.3) is 0 Å². The number of carbonyl (C=O) groups is 5. The normalized spacial score (nSPS) is 14.8. The predicted molar refractivity (Wildman–Crippen MR) is 127 cm³/mol. The summed E-state index contributed by atoms with van der Waals surface area (Å²) in [5, 5.41) is 14.4. The Morgan fingerprint density at radius 3 is 2.40 bits per heavy atom. The molecule has 0 saturated heterocycles. The summed E-state index contributed by atoms with van der Waals surface area (Å²) in [7, 11) is 0. The van der Waals surface area contributed by atoms with Crippen molar-refractivity contribution < 1.29 is 38.6 Å². The van der Waals surface area contributed by atoms with Crippen LogP contribution in [0.5, 0.6) is 0 Å². The van der Waals surface area contributed by atoms with Gasteiger partial charge < -0.3 is 4.74 Å². The first kappa shape index (κ1) is 28.5. The molecule has 0 spiro atoms. The van der Waals surface area contributed by atoms with E-state index in [0.717, 1.165) is 5.56 Å². The molecular weight excluding hydrogens is 651 g/mol. The van der Waals surface area contributed by atoms with Crippen LogP contribution in [0.3, 0.4) is 0 Å². The Balaban J connectivity index is 1.99. The Hall–Kier alpha value is -2.77. The van der Waals surface area contributed by atoms with Crippen LogP contribution in [0, 0.1) is 11.8 Å². The molecule has 1 aromatic rings. The fourth-order valence-corrected chi connectivity index (χ4v) is 5.12. The number of ketones is 2. The first-order valence-electron chi connectivity index (χ1n) is 11.2. The number of hydrogen-bond donors (Lipinski definition) is 3. The molecule has 2 radical (unpaired) electrons. The average molecular weight is 682 g/mol. The first-order chi connectivity index (χ1) is 16.6. The number of alkyl carbamates (subject to hydrolysis) is 1. The van der Waals surface area contributed by atoms with Crippen molar-refractivity contribution in [3.05, 3.63) is 47.2 Å². The fraction of sp³-hybridized carbons (Fsp3) is 0.458. The molecule has 2 amide bonds. The van der Waals surface area contributed by atoms with Crippen molar-refractivity contribution >= 4 is 55.3 Å². The number of aliphatic carboxylic acids is 1. The van der Waals surface area contributed by atoms with Crippen LogP contribution in [-0.2, 0) is 35.3 Å². The van der Waals surface area contributed by atoms with E-state index in [1.54, 1.807) is 26.0 Å². The average Bonchev–Trinajstić information content (AvgIpc) is 3.18.